The summed E-state index contributed by atoms with van der Waals surface area (Å²) in [5, 5.41) is 7.30. The van der Waals surface area contributed by atoms with Gasteiger partial charge in [0.2, 0.25) is 0 Å². The van der Waals surface area contributed by atoms with Crippen LogP contribution in [0.4, 0.5) is 4.79 Å². The first-order chi connectivity index (χ1) is 10.6. The lowest BCUT2D eigenvalue weighted by molar-refractivity contribution is 0.0963. The molecule has 130 valence electrons. The van der Waals surface area contributed by atoms with Crippen LogP contribution in [0, 0.1) is 0 Å². The van der Waals surface area contributed by atoms with Gasteiger partial charge in [-0.05, 0) is 19.8 Å². The second-order valence-electron chi connectivity index (χ2n) is 5.33. The average molecular weight is 436 g/mol. The van der Waals surface area contributed by atoms with E-state index < -0.39 is 0 Å². The second kappa shape index (κ2) is 9.58. The lowest BCUT2D eigenvalue weighted by Gasteiger charge is -2.31. The maximum Gasteiger partial charge on any atom is 0.409 e. The Hall–Kier alpha value is -1.52. The molecule has 0 saturated carbocycles. The van der Waals surface area contributed by atoms with Crippen LogP contribution in [-0.2, 0) is 18.3 Å². The summed E-state index contributed by atoms with van der Waals surface area (Å²) in [6.07, 6.45) is 5.12. The number of aryl methyl sites for hydroxylation is 1. The third-order valence-corrected chi connectivity index (χ3v) is 3.56. The van der Waals surface area contributed by atoms with Crippen molar-refractivity contribution < 1.29 is 9.53 Å². The van der Waals surface area contributed by atoms with Crippen molar-refractivity contribution in [2.45, 2.75) is 32.4 Å². The first-order valence-corrected chi connectivity index (χ1v) is 7.54. The normalized spacial score (nSPS) is 15.9. The van der Waals surface area contributed by atoms with Gasteiger partial charge in [0.25, 0.3) is 0 Å². The van der Waals surface area contributed by atoms with Crippen molar-refractivity contribution in [3.63, 3.8) is 0 Å². The minimum Gasteiger partial charge on any atom is -0.450 e. The molecule has 1 saturated heterocycles. The number of hydrogen-bond acceptors (Lipinski definition) is 4. The smallest absolute Gasteiger partial charge is 0.409 e. The highest BCUT2D eigenvalue weighted by molar-refractivity contribution is 14.0. The fourth-order valence-electron chi connectivity index (χ4n) is 2.41. The minimum atomic E-state index is -0.237. The third kappa shape index (κ3) is 6.24. The molecular formula is C14H25IN6O2. The third-order valence-electron chi connectivity index (χ3n) is 3.56. The summed E-state index contributed by atoms with van der Waals surface area (Å²) in [5.41, 5.74) is 6.93. The number of nitrogens with zero attached hydrogens (tertiary/aromatic N) is 4. The lowest BCUT2D eigenvalue weighted by atomic mass is 10.1. The molecule has 1 aromatic rings. The van der Waals surface area contributed by atoms with Gasteiger partial charge >= 0.3 is 6.09 Å². The molecule has 2 rings (SSSR count). The molecule has 2 heterocycles. The van der Waals surface area contributed by atoms with Gasteiger partial charge < -0.3 is 20.7 Å². The summed E-state index contributed by atoms with van der Waals surface area (Å²) in [5.74, 6) is 0.429. The van der Waals surface area contributed by atoms with Crippen molar-refractivity contribution in [1.82, 2.24) is 20.0 Å². The van der Waals surface area contributed by atoms with Gasteiger partial charge in [-0.15, -0.1) is 24.0 Å². The number of guanidine groups is 1. The Morgan fingerprint density at radius 1 is 1.52 bits per heavy atom. The van der Waals surface area contributed by atoms with Crippen LogP contribution in [0.25, 0.3) is 0 Å². The van der Waals surface area contributed by atoms with Crippen LogP contribution in [-0.4, -0.2) is 52.5 Å². The van der Waals surface area contributed by atoms with Gasteiger partial charge in [0.15, 0.2) is 5.96 Å². The molecule has 1 aromatic heterocycles. The van der Waals surface area contributed by atoms with Gasteiger partial charge in [-0.1, -0.05) is 0 Å². The monoisotopic (exact) mass is 436 g/mol. The molecule has 1 aliphatic rings. The van der Waals surface area contributed by atoms with Crippen LogP contribution in [0.5, 0.6) is 0 Å². The first-order valence-electron chi connectivity index (χ1n) is 7.54. The molecule has 0 unspecified atom stereocenters. The molecule has 23 heavy (non-hydrogen) atoms. The predicted molar refractivity (Wildman–Crippen MR) is 98.7 cm³/mol. The molecule has 1 fully saturated rings. The standard InChI is InChI=1S/C14H24N6O2.HI/c1-3-22-14(21)20-6-4-12(5-7-20)18-13(15)16-8-11-9-17-19(2)10-11;/h9-10,12H,3-8H2,1-2H3,(H3,15,16,18);1H. The first kappa shape index (κ1) is 19.5. The molecule has 9 heteroatoms. The van der Waals surface area contributed by atoms with Crippen LogP contribution in [0.3, 0.4) is 0 Å². The summed E-state index contributed by atoms with van der Waals surface area (Å²) in [4.78, 5) is 17.7. The SMILES string of the molecule is CCOC(=O)N1CCC(NC(N)=NCc2cnn(C)c2)CC1.I. The zero-order valence-electron chi connectivity index (χ0n) is 13.6. The van der Waals surface area contributed by atoms with Gasteiger partial charge in [0, 0.05) is 37.9 Å². The molecule has 0 spiro atoms. The molecule has 0 radical (unpaired) electrons. The Morgan fingerprint density at radius 2 is 2.22 bits per heavy atom. The van der Waals surface area contributed by atoms with Crippen LogP contribution in [0.15, 0.2) is 17.4 Å². The maximum atomic E-state index is 11.6. The van der Waals surface area contributed by atoms with Crippen LogP contribution < -0.4 is 11.1 Å². The van der Waals surface area contributed by atoms with E-state index in [0.717, 1.165) is 18.4 Å². The van der Waals surface area contributed by atoms with E-state index in [2.05, 4.69) is 15.4 Å². The number of amides is 1. The number of carbonyl (C=O) groups is 1. The Bertz CT molecular complexity index is 525. The highest BCUT2D eigenvalue weighted by Crippen LogP contribution is 2.11. The van der Waals surface area contributed by atoms with Crippen molar-refractivity contribution in [2.75, 3.05) is 19.7 Å². The van der Waals surface area contributed by atoms with E-state index >= 15 is 0 Å². The van der Waals surface area contributed by atoms with E-state index in [1.807, 2.05) is 20.2 Å². The number of ether oxygens (including phenoxy) is 1. The number of halogens is 1. The maximum absolute atomic E-state index is 11.6. The van der Waals surface area contributed by atoms with Gasteiger partial charge in [-0.3, -0.25) is 4.68 Å². The van der Waals surface area contributed by atoms with Crippen LogP contribution in [0.1, 0.15) is 25.3 Å². The van der Waals surface area contributed by atoms with Crippen LogP contribution >= 0.6 is 24.0 Å². The second-order valence-corrected chi connectivity index (χ2v) is 5.33. The predicted octanol–water partition coefficient (Wildman–Crippen LogP) is 1.06. The number of nitrogens with one attached hydrogen (secondary N) is 1. The number of piperidine rings is 1. The number of carbonyl (C=O) groups excluding carboxylic acids is 1. The molecule has 1 amide bonds. The molecule has 3 N–H and O–H groups in total. The molecule has 1 aliphatic heterocycles. The number of likely N-dealkylation sites (tertiary alicyclic amines) is 1. The van der Waals surface area contributed by atoms with E-state index in [9.17, 15) is 4.79 Å². The van der Waals surface area contributed by atoms with E-state index in [4.69, 9.17) is 10.5 Å². The molecule has 0 bridgehead atoms. The van der Waals surface area contributed by atoms with E-state index in [1.165, 1.54) is 0 Å². The topological polar surface area (TPSA) is 97.8 Å². The van der Waals surface area contributed by atoms with E-state index in [0.29, 0.717) is 32.2 Å². The molecule has 8 nitrogen and oxygen atoms in total. The van der Waals surface area contributed by atoms with E-state index in [1.54, 1.807) is 15.8 Å². The van der Waals surface area contributed by atoms with Gasteiger partial charge in [-0.2, -0.15) is 5.10 Å². The molecular weight excluding hydrogens is 411 g/mol. The van der Waals surface area contributed by atoms with Crippen molar-refractivity contribution in [3.8, 4) is 0 Å². The number of hydrogen-bond donors (Lipinski definition) is 2. The highest BCUT2D eigenvalue weighted by atomic mass is 127. The minimum absolute atomic E-state index is 0. The molecule has 0 aliphatic carbocycles. The number of aromatic nitrogens is 2. The summed E-state index contributed by atoms with van der Waals surface area (Å²) in [6, 6.07) is 0.239. The Labute approximate surface area is 153 Å². The van der Waals surface area contributed by atoms with Crippen LogP contribution in [0.2, 0.25) is 0 Å². The average Bonchev–Trinajstić information content (AvgIpc) is 2.92. The number of aliphatic imine (C=N–C) groups is 1. The Kier molecular flexibility index (Phi) is 8.13. The largest absolute Gasteiger partial charge is 0.450 e. The van der Waals surface area contributed by atoms with Crippen molar-refractivity contribution in [3.05, 3.63) is 18.0 Å². The molecule has 0 atom stereocenters. The quantitative estimate of drug-likeness (QED) is 0.418. The zero-order chi connectivity index (χ0) is 15.9. The Balaban J connectivity index is 0.00000264. The van der Waals surface area contributed by atoms with Gasteiger partial charge in [-0.25, -0.2) is 9.79 Å². The van der Waals surface area contributed by atoms with Gasteiger partial charge in [0.05, 0.1) is 19.3 Å². The summed E-state index contributed by atoms with van der Waals surface area (Å²) >= 11 is 0. The van der Waals surface area contributed by atoms with Crippen molar-refractivity contribution >= 4 is 36.0 Å². The Morgan fingerprint density at radius 3 is 2.78 bits per heavy atom. The zero-order valence-corrected chi connectivity index (χ0v) is 15.9. The fraction of sp³-hybridized carbons (Fsp3) is 0.643. The number of rotatable bonds is 4. The molecule has 0 aromatic carbocycles. The fourth-order valence-corrected chi connectivity index (χ4v) is 2.41. The highest BCUT2D eigenvalue weighted by Gasteiger charge is 2.23. The summed E-state index contributed by atoms with van der Waals surface area (Å²) < 4.78 is 6.73. The van der Waals surface area contributed by atoms with Crippen molar-refractivity contribution in [2.24, 2.45) is 17.8 Å². The lowest BCUT2D eigenvalue weighted by Crippen LogP contribution is -2.48. The summed E-state index contributed by atoms with van der Waals surface area (Å²) in [7, 11) is 1.87. The summed E-state index contributed by atoms with van der Waals surface area (Å²) in [6.45, 7) is 4.07. The number of nitrogens with two attached hydrogens (primary N) is 1. The van der Waals surface area contributed by atoms with E-state index in [-0.39, 0.29) is 36.1 Å². The van der Waals surface area contributed by atoms with Crippen molar-refractivity contribution in [1.29, 1.82) is 0 Å². The van der Waals surface area contributed by atoms with Gasteiger partial charge in [0.1, 0.15) is 0 Å².